The minimum atomic E-state index is -1.26. The molecule has 0 bridgehead atoms. The maximum absolute atomic E-state index is 14.1. The van der Waals surface area contributed by atoms with Gasteiger partial charge in [-0.15, -0.1) is 0 Å². The molecule has 1 aromatic heterocycles. The normalized spacial score (nSPS) is 19.1. The van der Waals surface area contributed by atoms with Crippen molar-refractivity contribution in [2.24, 2.45) is 5.92 Å². The molecule has 2 saturated heterocycles. The van der Waals surface area contributed by atoms with Crippen molar-refractivity contribution in [1.29, 1.82) is 0 Å². The number of amides is 3. The second kappa shape index (κ2) is 13.9. The van der Waals surface area contributed by atoms with Gasteiger partial charge in [0.1, 0.15) is 17.9 Å². The summed E-state index contributed by atoms with van der Waals surface area (Å²) in [7, 11) is 1.76. The Hall–Kier alpha value is -5.23. The van der Waals surface area contributed by atoms with E-state index in [1.807, 2.05) is 65.6 Å². The summed E-state index contributed by atoms with van der Waals surface area (Å²) >= 11 is 0. The van der Waals surface area contributed by atoms with Gasteiger partial charge in [0.2, 0.25) is 11.8 Å². The first kappa shape index (κ1) is 32.7. The minimum absolute atomic E-state index is 0.000195. The fraction of sp³-hybridized carbons (Fsp3) is 0.333. The molecule has 3 heterocycles. The monoisotopic (exact) mass is 654 g/mol. The van der Waals surface area contributed by atoms with E-state index in [4.69, 9.17) is 10.5 Å². The highest BCUT2D eigenvalue weighted by molar-refractivity contribution is 5.92. The van der Waals surface area contributed by atoms with Crippen molar-refractivity contribution in [3.05, 3.63) is 113 Å². The standard InChI is InChI=1S/C36H39FN6O5/c1-40(27-10-6-3-7-11-27)35(46)42-19-16-29(30(22-42)25-8-4-2-5-9-25)33(44)41-20-17-36(47,18-21-41)23-43-24-39-32(31(38)34(43)45)48-28-14-12-26(37)13-15-28/h2-15,24,29-30,47H,16-23,38H2,1H3/t29-,30+/m1/s1. The van der Waals surface area contributed by atoms with Gasteiger partial charge in [-0.1, -0.05) is 48.5 Å². The van der Waals surface area contributed by atoms with Gasteiger partial charge in [0.25, 0.3) is 5.56 Å². The summed E-state index contributed by atoms with van der Waals surface area (Å²) in [6.07, 6.45) is 2.30. The van der Waals surface area contributed by atoms with Crippen molar-refractivity contribution in [3.8, 4) is 11.6 Å². The molecule has 0 spiro atoms. The van der Waals surface area contributed by atoms with Gasteiger partial charge < -0.3 is 25.4 Å². The molecular weight excluding hydrogens is 615 g/mol. The quantitative estimate of drug-likeness (QED) is 0.300. The fourth-order valence-electron chi connectivity index (χ4n) is 6.59. The lowest BCUT2D eigenvalue weighted by Gasteiger charge is -2.43. The van der Waals surface area contributed by atoms with Crippen molar-refractivity contribution in [2.45, 2.75) is 37.3 Å². The zero-order chi connectivity index (χ0) is 33.8. The van der Waals surface area contributed by atoms with Crippen LogP contribution in [0.3, 0.4) is 0 Å². The molecule has 3 N–H and O–H groups in total. The van der Waals surface area contributed by atoms with Gasteiger partial charge in [0, 0.05) is 50.7 Å². The minimum Gasteiger partial charge on any atom is -0.437 e. The van der Waals surface area contributed by atoms with Crippen molar-refractivity contribution in [2.75, 3.05) is 43.9 Å². The van der Waals surface area contributed by atoms with E-state index >= 15 is 0 Å². The topological polar surface area (TPSA) is 134 Å². The number of benzene rings is 3. The summed E-state index contributed by atoms with van der Waals surface area (Å²) in [6.45, 7) is 1.44. The molecule has 3 amide bonds. The number of nitrogens with two attached hydrogens (primary N) is 1. The molecule has 0 aliphatic carbocycles. The molecule has 11 nitrogen and oxygen atoms in total. The fourth-order valence-corrected chi connectivity index (χ4v) is 6.59. The third kappa shape index (κ3) is 7.03. The number of halogens is 1. The number of ether oxygens (including phenoxy) is 1. The lowest BCUT2D eigenvalue weighted by Crippen LogP contribution is -2.54. The average Bonchev–Trinajstić information content (AvgIpc) is 3.12. The highest BCUT2D eigenvalue weighted by Gasteiger charge is 2.42. The third-order valence-electron chi connectivity index (χ3n) is 9.39. The molecule has 0 radical (unpaired) electrons. The molecule has 250 valence electrons. The summed E-state index contributed by atoms with van der Waals surface area (Å²) in [5.41, 5.74) is 5.77. The molecule has 0 unspecified atom stereocenters. The third-order valence-corrected chi connectivity index (χ3v) is 9.39. The number of nitrogen functional groups attached to an aromatic ring is 1. The number of urea groups is 1. The lowest BCUT2D eigenvalue weighted by atomic mass is 9.79. The number of piperidine rings is 2. The Bertz CT molecular complexity index is 1800. The van der Waals surface area contributed by atoms with Crippen molar-refractivity contribution in [3.63, 3.8) is 0 Å². The molecule has 4 aromatic rings. The van der Waals surface area contributed by atoms with E-state index < -0.39 is 17.0 Å². The summed E-state index contributed by atoms with van der Waals surface area (Å²) in [6, 6.07) is 24.4. The van der Waals surface area contributed by atoms with Crippen LogP contribution in [0.1, 0.15) is 30.7 Å². The zero-order valence-corrected chi connectivity index (χ0v) is 26.7. The van der Waals surface area contributed by atoms with Gasteiger partial charge in [-0.3, -0.25) is 19.1 Å². The average molecular weight is 655 g/mol. The smallest absolute Gasteiger partial charge is 0.324 e. The number of hydrogen-bond acceptors (Lipinski definition) is 7. The van der Waals surface area contributed by atoms with Gasteiger partial charge >= 0.3 is 6.03 Å². The second-order valence-electron chi connectivity index (χ2n) is 12.5. The lowest BCUT2D eigenvalue weighted by molar-refractivity contribution is -0.142. The van der Waals surface area contributed by atoms with E-state index in [9.17, 15) is 23.9 Å². The van der Waals surface area contributed by atoms with Gasteiger partial charge in [-0.05, 0) is 61.2 Å². The number of carbonyl (C=O) groups is 2. The predicted octanol–water partition coefficient (Wildman–Crippen LogP) is 4.47. The van der Waals surface area contributed by atoms with Crippen LogP contribution in [-0.4, -0.2) is 75.2 Å². The number of likely N-dealkylation sites (tertiary alicyclic amines) is 2. The molecule has 6 rings (SSSR count). The molecule has 2 atom stereocenters. The van der Waals surface area contributed by atoms with E-state index in [-0.39, 0.29) is 60.5 Å². The number of nitrogens with zero attached hydrogens (tertiary/aromatic N) is 5. The molecule has 2 aliphatic heterocycles. The first-order chi connectivity index (χ1) is 23.1. The maximum Gasteiger partial charge on any atom is 0.324 e. The zero-order valence-electron chi connectivity index (χ0n) is 26.7. The number of aliphatic hydroxyl groups is 1. The maximum atomic E-state index is 14.1. The molecular formula is C36H39FN6O5. The van der Waals surface area contributed by atoms with Crippen LogP contribution in [0, 0.1) is 11.7 Å². The Morgan fingerprint density at radius 1 is 0.979 bits per heavy atom. The molecule has 2 fully saturated rings. The molecule has 12 heteroatoms. The van der Waals surface area contributed by atoms with Crippen molar-refractivity contribution >= 4 is 23.3 Å². The van der Waals surface area contributed by atoms with Crippen LogP contribution in [0.5, 0.6) is 11.6 Å². The van der Waals surface area contributed by atoms with Crippen LogP contribution in [0.2, 0.25) is 0 Å². The summed E-state index contributed by atoms with van der Waals surface area (Å²) in [5.74, 6) is -0.785. The Morgan fingerprint density at radius 2 is 1.62 bits per heavy atom. The van der Waals surface area contributed by atoms with Crippen LogP contribution >= 0.6 is 0 Å². The number of anilines is 2. The Morgan fingerprint density at radius 3 is 2.29 bits per heavy atom. The summed E-state index contributed by atoms with van der Waals surface area (Å²) in [5, 5.41) is 11.5. The van der Waals surface area contributed by atoms with Crippen LogP contribution in [0.15, 0.2) is 96.1 Å². The van der Waals surface area contributed by atoms with Crippen molar-refractivity contribution < 1.29 is 23.8 Å². The largest absolute Gasteiger partial charge is 0.437 e. The van der Waals surface area contributed by atoms with Gasteiger partial charge in [0.15, 0.2) is 5.69 Å². The SMILES string of the molecule is CN(C(=O)N1CC[C@@H](C(=O)N2CCC(O)(Cn3cnc(Oc4ccc(F)cc4)c(N)c3=O)CC2)[C@H](c2ccccc2)C1)c1ccccc1. The first-order valence-electron chi connectivity index (χ1n) is 16.0. The number of aromatic nitrogens is 2. The molecule has 2 aliphatic rings. The van der Waals surface area contributed by atoms with Crippen LogP contribution < -0.4 is 20.9 Å². The van der Waals surface area contributed by atoms with Crippen LogP contribution in [-0.2, 0) is 11.3 Å². The number of hydrogen-bond donors (Lipinski definition) is 2. The molecule has 48 heavy (non-hydrogen) atoms. The van der Waals surface area contributed by atoms with E-state index in [1.54, 1.807) is 16.8 Å². The Balaban J connectivity index is 1.11. The second-order valence-corrected chi connectivity index (χ2v) is 12.5. The van der Waals surface area contributed by atoms with E-state index in [2.05, 4.69) is 4.98 Å². The molecule has 3 aromatic carbocycles. The highest BCUT2D eigenvalue weighted by Crippen LogP contribution is 2.36. The van der Waals surface area contributed by atoms with Gasteiger partial charge in [-0.25, -0.2) is 14.2 Å². The highest BCUT2D eigenvalue weighted by atomic mass is 19.1. The van der Waals surface area contributed by atoms with E-state index in [1.165, 1.54) is 35.2 Å². The van der Waals surface area contributed by atoms with Crippen molar-refractivity contribution in [1.82, 2.24) is 19.4 Å². The Labute approximate surface area is 278 Å². The predicted molar refractivity (Wildman–Crippen MR) is 179 cm³/mol. The Kier molecular flexibility index (Phi) is 9.44. The summed E-state index contributed by atoms with van der Waals surface area (Å²) < 4.78 is 20.0. The van der Waals surface area contributed by atoms with Crippen LogP contribution in [0.25, 0.3) is 0 Å². The first-order valence-corrected chi connectivity index (χ1v) is 16.0. The number of carbonyl (C=O) groups excluding carboxylic acids is 2. The molecule has 0 saturated carbocycles. The number of rotatable bonds is 7. The van der Waals surface area contributed by atoms with E-state index in [0.29, 0.717) is 32.6 Å². The summed E-state index contributed by atoms with van der Waals surface area (Å²) in [4.78, 5) is 50.0. The number of para-hydroxylation sites is 1. The van der Waals surface area contributed by atoms with Gasteiger partial charge in [0.05, 0.1) is 12.1 Å². The van der Waals surface area contributed by atoms with Gasteiger partial charge in [-0.2, -0.15) is 0 Å². The van der Waals surface area contributed by atoms with Crippen LogP contribution in [0.4, 0.5) is 20.6 Å². The van der Waals surface area contributed by atoms with E-state index in [0.717, 1.165) is 11.3 Å².